The highest BCUT2D eigenvalue weighted by atomic mass is 79.9. The lowest BCUT2D eigenvalue weighted by atomic mass is 9.91. The molecule has 9 heteroatoms. The van der Waals surface area contributed by atoms with E-state index in [1.54, 1.807) is 11.9 Å². The predicted molar refractivity (Wildman–Crippen MR) is 128 cm³/mol. The molecule has 3 aromatic rings. The maximum atomic E-state index is 13.3. The number of carbonyl (C=O) groups excluding carboxylic acids is 1. The van der Waals surface area contributed by atoms with Crippen LogP contribution in [0, 0.1) is 0 Å². The van der Waals surface area contributed by atoms with Crippen LogP contribution in [0.1, 0.15) is 28.8 Å². The summed E-state index contributed by atoms with van der Waals surface area (Å²) < 4.78 is 49.5. The topological polar surface area (TPSA) is 38.8 Å². The zero-order valence-corrected chi connectivity index (χ0v) is 21.1. The summed E-state index contributed by atoms with van der Waals surface area (Å²) >= 11 is 6.89. The van der Waals surface area contributed by atoms with Crippen molar-refractivity contribution in [1.82, 2.24) is 4.90 Å². The zero-order valence-electron chi connectivity index (χ0n) is 17.9. The number of halogens is 5. The lowest BCUT2D eigenvalue weighted by molar-refractivity contribution is -0.274. The lowest BCUT2D eigenvalue weighted by Gasteiger charge is -2.43. The van der Waals surface area contributed by atoms with Crippen LogP contribution in [-0.4, -0.2) is 30.3 Å². The van der Waals surface area contributed by atoms with Crippen molar-refractivity contribution in [2.24, 2.45) is 0 Å². The first kappa shape index (κ1) is 24.8. The van der Waals surface area contributed by atoms with Crippen molar-refractivity contribution in [3.8, 4) is 5.75 Å². The molecule has 0 N–H and O–H groups in total. The molecule has 0 saturated carbocycles. The molecule has 1 aliphatic heterocycles. The minimum absolute atomic E-state index is 0.197. The Balaban J connectivity index is 1.61. The highest BCUT2D eigenvalue weighted by molar-refractivity contribution is 9.10. The number of morpholine rings is 1. The molecule has 4 nitrogen and oxygen atoms in total. The fraction of sp³-hybridized carbons (Fsp3) is 0.240. The fourth-order valence-corrected chi connectivity index (χ4v) is 4.55. The molecule has 3 atom stereocenters. The SMILES string of the molecule is CN1C(=O)[C@@H](Cc2ccc(OC(F)(F)F)cc2)O[C@H](c2ccc(Br)cc2)[C@@H]1c1ccc(Br)cc1. The van der Waals surface area contributed by atoms with E-state index in [9.17, 15) is 18.0 Å². The van der Waals surface area contributed by atoms with Gasteiger partial charge in [0.1, 0.15) is 18.0 Å². The van der Waals surface area contributed by atoms with E-state index in [1.807, 2.05) is 48.5 Å². The molecular weight excluding hydrogens is 579 g/mol. The Labute approximate surface area is 211 Å². The van der Waals surface area contributed by atoms with Crippen LogP contribution in [-0.2, 0) is 16.0 Å². The molecule has 1 amide bonds. The largest absolute Gasteiger partial charge is 0.573 e. The van der Waals surface area contributed by atoms with Crippen LogP contribution in [0.3, 0.4) is 0 Å². The number of alkyl halides is 3. The third-order valence-electron chi connectivity index (χ3n) is 5.63. The van der Waals surface area contributed by atoms with Gasteiger partial charge in [-0.05, 0) is 53.1 Å². The van der Waals surface area contributed by atoms with Crippen LogP contribution in [0.4, 0.5) is 13.2 Å². The second-order valence-corrected chi connectivity index (χ2v) is 9.77. The molecule has 0 spiro atoms. The van der Waals surface area contributed by atoms with Gasteiger partial charge in [0.25, 0.3) is 5.91 Å². The molecule has 178 valence electrons. The second-order valence-electron chi connectivity index (χ2n) is 7.94. The van der Waals surface area contributed by atoms with Gasteiger partial charge in [0.15, 0.2) is 0 Å². The molecule has 3 aromatic carbocycles. The first-order chi connectivity index (χ1) is 16.1. The van der Waals surface area contributed by atoms with Gasteiger partial charge in [-0.15, -0.1) is 13.2 Å². The third kappa shape index (κ3) is 5.82. The first-order valence-corrected chi connectivity index (χ1v) is 12.0. The number of hydrogen-bond acceptors (Lipinski definition) is 3. The van der Waals surface area contributed by atoms with Gasteiger partial charge in [-0.25, -0.2) is 0 Å². The third-order valence-corrected chi connectivity index (χ3v) is 6.68. The van der Waals surface area contributed by atoms with Gasteiger partial charge in [-0.2, -0.15) is 0 Å². The number of carbonyl (C=O) groups is 1. The molecule has 34 heavy (non-hydrogen) atoms. The average Bonchev–Trinajstić information content (AvgIpc) is 2.78. The minimum Gasteiger partial charge on any atom is -0.406 e. The number of benzene rings is 3. The fourth-order valence-electron chi connectivity index (χ4n) is 4.03. The summed E-state index contributed by atoms with van der Waals surface area (Å²) in [5.74, 6) is -0.510. The molecule has 4 rings (SSSR count). The Morgan fingerprint density at radius 2 is 1.41 bits per heavy atom. The van der Waals surface area contributed by atoms with Crippen molar-refractivity contribution in [2.45, 2.75) is 31.0 Å². The molecule has 1 fully saturated rings. The standard InChI is InChI=1S/C25H20Br2F3NO3/c1-31-22(16-4-8-18(26)9-5-16)23(17-6-10-19(27)11-7-17)33-21(24(31)32)14-15-2-12-20(13-3-15)34-25(28,29)30/h2-13,21-23H,14H2,1H3/t21-,22+,23-/m1/s1. The lowest BCUT2D eigenvalue weighted by Crippen LogP contribution is -2.49. The number of rotatable bonds is 5. The zero-order chi connectivity index (χ0) is 24.5. The number of amides is 1. The molecule has 0 bridgehead atoms. The molecule has 1 heterocycles. The van der Waals surface area contributed by atoms with Crippen LogP contribution in [0.2, 0.25) is 0 Å². The van der Waals surface area contributed by atoms with Gasteiger partial charge in [0, 0.05) is 22.4 Å². The highest BCUT2D eigenvalue weighted by Gasteiger charge is 2.42. The van der Waals surface area contributed by atoms with E-state index < -0.39 is 18.6 Å². The van der Waals surface area contributed by atoms with Crippen molar-refractivity contribution in [1.29, 1.82) is 0 Å². The van der Waals surface area contributed by atoms with E-state index in [0.29, 0.717) is 5.56 Å². The van der Waals surface area contributed by atoms with Crippen LogP contribution >= 0.6 is 31.9 Å². The van der Waals surface area contributed by atoms with Gasteiger partial charge >= 0.3 is 6.36 Å². The summed E-state index contributed by atoms with van der Waals surface area (Å²) in [5.41, 5.74) is 2.51. The van der Waals surface area contributed by atoms with Crippen LogP contribution in [0.15, 0.2) is 81.7 Å². The first-order valence-electron chi connectivity index (χ1n) is 10.4. The van der Waals surface area contributed by atoms with Crippen molar-refractivity contribution < 1.29 is 27.4 Å². The Morgan fingerprint density at radius 1 is 0.882 bits per heavy atom. The van der Waals surface area contributed by atoms with Crippen LogP contribution in [0.5, 0.6) is 5.75 Å². The normalized spacial score (nSPS) is 20.9. The molecule has 0 unspecified atom stereocenters. The van der Waals surface area contributed by atoms with Gasteiger partial charge in [0.05, 0.1) is 6.04 Å². The average molecular weight is 599 g/mol. The quantitative estimate of drug-likeness (QED) is 0.318. The van der Waals surface area contributed by atoms with E-state index in [0.717, 1.165) is 20.1 Å². The molecule has 0 aromatic heterocycles. The van der Waals surface area contributed by atoms with E-state index >= 15 is 0 Å². The Kier molecular flexibility index (Phi) is 7.35. The van der Waals surface area contributed by atoms with Gasteiger partial charge in [-0.3, -0.25) is 4.79 Å². The number of nitrogens with zero attached hydrogens (tertiary/aromatic N) is 1. The Morgan fingerprint density at radius 3 is 1.94 bits per heavy atom. The van der Waals surface area contributed by atoms with Crippen molar-refractivity contribution in [2.75, 3.05) is 7.05 Å². The second kappa shape index (κ2) is 10.1. The van der Waals surface area contributed by atoms with Gasteiger partial charge in [-0.1, -0.05) is 68.3 Å². The maximum absolute atomic E-state index is 13.3. The summed E-state index contributed by atoms with van der Waals surface area (Å²) in [6, 6.07) is 20.6. The summed E-state index contributed by atoms with van der Waals surface area (Å²) in [7, 11) is 1.75. The predicted octanol–water partition coefficient (Wildman–Crippen LogP) is 6.99. The van der Waals surface area contributed by atoms with E-state index in [-0.39, 0.29) is 24.1 Å². The van der Waals surface area contributed by atoms with E-state index in [4.69, 9.17) is 4.74 Å². The molecule has 0 radical (unpaired) electrons. The van der Waals surface area contributed by atoms with Crippen LogP contribution < -0.4 is 4.74 Å². The summed E-state index contributed by atoms with van der Waals surface area (Å²) in [6.07, 6.45) is -5.77. The summed E-state index contributed by atoms with van der Waals surface area (Å²) in [6.45, 7) is 0. The minimum atomic E-state index is -4.76. The molecule has 1 aliphatic rings. The Bertz CT molecular complexity index is 1140. The maximum Gasteiger partial charge on any atom is 0.573 e. The molecule has 1 saturated heterocycles. The Hall–Kier alpha value is -2.36. The van der Waals surface area contributed by atoms with E-state index in [1.165, 1.54) is 24.3 Å². The van der Waals surface area contributed by atoms with E-state index in [2.05, 4.69) is 36.6 Å². The molecular formula is C25H20Br2F3NO3. The van der Waals surface area contributed by atoms with Crippen LogP contribution in [0.25, 0.3) is 0 Å². The van der Waals surface area contributed by atoms with Gasteiger partial charge < -0.3 is 14.4 Å². The highest BCUT2D eigenvalue weighted by Crippen LogP contribution is 2.42. The summed E-state index contributed by atoms with van der Waals surface area (Å²) in [4.78, 5) is 15.0. The van der Waals surface area contributed by atoms with Crippen molar-refractivity contribution in [3.63, 3.8) is 0 Å². The van der Waals surface area contributed by atoms with Crippen molar-refractivity contribution >= 4 is 37.8 Å². The summed E-state index contributed by atoms with van der Waals surface area (Å²) in [5, 5.41) is 0. The van der Waals surface area contributed by atoms with Crippen molar-refractivity contribution in [3.05, 3.63) is 98.4 Å². The number of hydrogen-bond donors (Lipinski definition) is 0. The number of ether oxygens (including phenoxy) is 2. The molecule has 0 aliphatic carbocycles. The monoisotopic (exact) mass is 597 g/mol. The van der Waals surface area contributed by atoms with Gasteiger partial charge in [0.2, 0.25) is 0 Å². The smallest absolute Gasteiger partial charge is 0.406 e. The number of likely N-dealkylation sites (N-methyl/N-ethyl adjacent to an activating group) is 1.